The lowest BCUT2D eigenvalue weighted by molar-refractivity contribution is 0.208. The summed E-state index contributed by atoms with van der Waals surface area (Å²) in [7, 11) is 0. The van der Waals surface area contributed by atoms with Crippen LogP contribution in [0.2, 0.25) is 0 Å². The average molecular weight is 328 g/mol. The molecule has 1 atom stereocenters. The number of hydrogen-bond donors (Lipinski definition) is 1. The summed E-state index contributed by atoms with van der Waals surface area (Å²) in [5.74, 6) is -0.531. The van der Waals surface area contributed by atoms with E-state index in [1.807, 2.05) is 0 Å². The molecule has 1 unspecified atom stereocenters. The predicted octanol–water partition coefficient (Wildman–Crippen LogP) is 3.81. The van der Waals surface area contributed by atoms with E-state index in [9.17, 15) is 8.78 Å². The van der Waals surface area contributed by atoms with Crippen LogP contribution >= 0.6 is 15.9 Å². The van der Waals surface area contributed by atoms with Gasteiger partial charge in [-0.15, -0.1) is 0 Å². The monoisotopic (exact) mass is 327 g/mol. The van der Waals surface area contributed by atoms with Gasteiger partial charge in [-0.05, 0) is 34.1 Å². The Morgan fingerprint density at radius 1 is 1.11 bits per heavy atom. The third-order valence-corrected chi connectivity index (χ3v) is 3.28. The summed E-state index contributed by atoms with van der Waals surface area (Å²) < 4.78 is 32.9. The summed E-state index contributed by atoms with van der Waals surface area (Å²) in [6, 6.07) is 10.6. The molecule has 0 aliphatic carbocycles. The Bertz CT molecular complexity index is 577. The van der Waals surface area contributed by atoms with Crippen LogP contribution in [0.5, 0.6) is 5.75 Å². The molecule has 0 saturated carbocycles. The Kier molecular flexibility index (Phi) is 4.50. The molecule has 0 radical (unpaired) electrons. The van der Waals surface area contributed by atoms with Crippen molar-refractivity contribution in [3.8, 4) is 5.75 Å². The van der Waals surface area contributed by atoms with E-state index in [1.54, 1.807) is 24.3 Å². The van der Waals surface area contributed by atoms with Crippen LogP contribution in [-0.2, 0) is 0 Å². The van der Waals surface area contributed by atoms with Crippen LogP contribution < -0.4 is 10.5 Å². The maximum atomic E-state index is 13.7. The van der Waals surface area contributed by atoms with Crippen LogP contribution in [0.4, 0.5) is 8.78 Å². The molecule has 0 aliphatic heterocycles. The van der Waals surface area contributed by atoms with E-state index in [0.717, 1.165) is 0 Å². The van der Waals surface area contributed by atoms with Crippen molar-refractivity contribution in [1.29, 1.82) is 0 Å². The van der Waals surface area contributed by atoms with Crippen molar-refractivity contribution in [3.63, 3.8) is 0 Å². The Labute approximate surface area is 118 Å². The first-order chi connectivity index (χ1) is 9.11. The second-order valence-electron chi connectivity index (χ2n) is 3.94. The number of nitrogens with two attached hydrogens (primary N) is 1. The third-order valence-electron chi connectivity index (χ3n) is 2.64. The molecule has 0 fully saturated rings. The minimum atomic E-state index is -0.651. The van der Waals surface area contributed by atoms with E-state index in [4.69, 9.17) is 10.5 Å². The summed E-state index contributed by atoms with van der Waals surface area (Å²) in [6.45, 7) is 0.0958. The number of rotatable bonds is 4. The van der Waals surface area contributed by atoms with Crippen LogP contribution in [-0.4, -0.2) is 6.54 Å². The van der Waals surface area contributed by atoms with Gasteiger partial charge in [0.05, 0.1) is 4.47 Å². The molecule has 2 rings (SSSR count). The molecule has 2 nitrogen and oxygen atoms in total. The van der Waals surface area contributed by atoms with E-state index < -0.39 is 17.7 Å². The van der Waals surface area contributed by atoms with Gasteiger partial charge in [0, 0.05) is 18.2 Å². The van der Waals surface area contributed by atoms with Gasteiger partial charge in [0.25, 0.3) is 0 Å². The van der Waals surface area contributed by atoms with Crippen LogP contribution in [0.3, 0.4) is 0 Å². The summed E-state index contributed by atoms with van der Waals surface area (Å²) in [5.41, 5.74) is 5.95. The highest BCUT2D eigenvalue weighted by Crippen LogP contribution is 2.26. The van der Waals surface area contributed by atoms with Gasteiger partial charge in [-0.25, -0.2) is 8.78 Å². The van der Waals surface area contributed by atoms with Crippen molar-refractivity contribution < 1.29 is 13.5 Å². The number of halogens is 3. The van der Waals surface area contributed by atoms with E-state index in [0.29, 0.717) is 15.8 Å². The fourth-order valence-electron chi connectivity index (χ4n) is 1.69. The Morgan fingerprint density at radius 3 is 2.47 bits per heavy atom. The van der Waals surface area contributed by atoms with Gasteiger partial charge in [-0.3, -0.25) is 0 Å². The maximum Gasteiger partial charge on any atom is 0.141 e. The normalized spacial score (nSPS) is 12.2. The minimum Gasteiger partial charge on any atom is -0.484 e. The molecular formula is C14H12BrF2NO. The Hall–Kier alpha value is -1.46. The zero-order chi connectivity index (χ0) is 13.8. The summed E-state index contributed by atoms with van der Waals surface area (Å²) in [4.78, 5) is 0. The zero-order valence-electron chi connectivity index (χ0n) is 9.95. The molecule has 100 valence electrons. The van der Waals surface area contributed by atoms with Gasteiger partial charge in [0.2, 0.25) is 0 Å². The van der Waals surface area contributed by atoms with Crippen molar-refractivity contribution >= 4 is 15.9 Å². The Balaban J connectivity index is 2.24. The molecule has 0 amide bonds. The van der Waals surface area contributed by atoms with Crippen molar-refractivity contribution in [2.24, 2.45) is 5.73 Å². The highest BCUT2D eigenvalue weighted by atomic mass is 79.9. The molecule has 2 N–H and O–H groups in total. The molecule has 5 heteroatoms. The summed E-state index contributed by atoms with van der Waals surface area (Å²) in [6.07, 6.45) is -0.651. The first-order valence-electron chi connectivity index (χ1n) is 5.68. The highest BCUT2D eigenvalue weighted by molar-refractivity contribution is 9.10. The van der Waals surface area contributed by atoms with Gasteiger partial charge in [0.15, 0.2) is 0 Å². The molecule has 0 aromatic heterocycles. The van der Waals surface area contributed by atoms with Gasteiger partial charge in [0.1, 0.15) is 23.5 Å². The summed E-state index contributed by atoms with van der Waals surface area (Å²) in [5, 5.41) is 0. The molecule has 2 aromatic rings. The third kappa shape index (κ3) is 3.30. The minimum absolute atomic E-state index is 0.0958. The van der Waals surface area contributed by atoms with Gasteiger partial charge < -0.3 is 10.5 Å². The fraction of sp³-hybridized carbons (Fsp3) is 0.143. The lowest BCUT2D eigenvalue weighted by Crippen LogP contribution is -2.19. The molecule has 2 aromatic carbocycles. The zero-order valence-corrected chi connectivity index (χ0v) is 11.5. The number of benzene rings is 2. The highest BCUT2D eigenvalue weighted by Gasteiger charge is 2.16. The second-order valence-corrected chi connectivity index (χ2v) is 4.79. The molecule has 0 spiro atoms. The van der Waals surface area contributed by atoms with Crippen molar-refractivity contribution in [1.82, 2.24) is 0 Å². The molecule has 0 bridgehead atoms. The van der Waals surface area contributed by atoms with E-state index in [-0.39, 0.29) is 6.54 Å². The van der Waals surface area contributed by atoms with Gasteiger partial charge in [-0.2, -0.15) is 0 Å². The van der Waals surface area contributed by atoms with E-state index in [2.05, 4.69) is 15.9 Å². The fourth-order valence-corrected chi connectivity index (χ4v) is 1.94. The van der Waals surface area contributed by atoms with Crippen molar-refractivity contribution in [2.75, 3.05) is 6.54 Å². The van der Waals surface area contributed by atoms with E-state index >= 15 is 0 Å². The standard InChI is InChI=1S/C14H12BrF2NO/c15-11-6-5-9(7-13(11)17)19-14(8-18)10-3-1-2-4-12(10)16/h1-7,14H,8,18H2. The van der Waals surface area contributed by atoms with Crippen molar-refractivity contribution in [3.05, 3.63) is 64.1 Å². The molecule has 0 aliphatic rings. The molecule has 0 saturated heterocycles. The molecule has 0 heterocycles. The largest absolute Gasteiger partial charge is 0.484 e. The quantitative estimate of drug-likeness (QED) is 0.926. The maximum absolute atomic E-state index is 13.7. The van der Waals surface area contributed by atoms with Crippen LogP contribution in [0.15, 0.2) is 46.9 Å². The smallest absolute Gasteiger partial charge is 0.141 e. The number of ether oxygens (including phenoxy) is 1. The lowest BCUT2D eigenvalue weighted by Gasteiger charge is -2.18. The van der Waals surface area contributed by atoms with Crippen molar-refractivity contribution in [2.45, 2.75) is 6.10 Å². The van der Waals surface area contributed by atoms with Gasteiger partial charge >= 0.3 is 0 Å². The molecule has 19 heavy (non-hydrogen) atoms. The first kappa shape index (κ1) is 14.0. The predicted molar refractivity (Wildman–Crippen MR) is 72.9 cm³/mol. The van der Waals surface area contributed by atoms with E-state index in [1.165, 1.54) is 18.2 Å². The lowest BCUT2D eigenvalue weighted by atomic mass is 10.1. The SMILES string of the molecule is NCC(Oc1ccc(Br)c(F)c1)c1ccccc1F. The Morgan fingerprint density at radius 2 is 1.84 bits per heavy atom. The summed E-state index contributed by atoms with van der Waals surface area (Å²) >= 11 is 3.05. The molecular weight excluding hydrogens is 316 g/mol. The first-order valence-corrected chi connectivity index (χ1v) is 6.47. The van der Waals surface area contributed by atoms with Crippen LogP contribution in [0.1, 0.15) is 11.7 Å². The van der Waals surface area contributed by atoms with Gasteiger partial charge in [-0.1, -0.05) is 18.2 Å². The average Bonchev–Trinajstić information content (AvgIpc) is 2.41. The topological polar surface area (TPSA) is 35.2 Å². The van der Waals surface area contributed by atoms with Crippen LogP contribution in [0, 0.1) is 11.6 Å². The second kappa shape index (κ2) is 6.12. The number of hydrogen-bond acceptors (Lipinski definition) is 2. The van der Waals surface area contributed by atoms with Crippen LogP contribution in [0.25, 0.3) is 0 Å².